The van der Waals surface area contributed by atoms with Gasteiger partial charge in [0.05, 0.1) is 5.92 Å². The van der Waals surface area contributed by atoms with Gasteiger partial charge in [-0.3, -0.25) is 4.79 Å². The van der Waals surface area contributed by atoms with E-state index in [1.165, 1.54) is 6.42 Å². The number of hydrogen-bond donors (Lipinski definition) is 1. The Kier molecular flexibility index (Phi) is 1.97. The number of carboxylic acid groups (broad SMARTS) is 1. The predicted octanol–water partition coefficient (Wildman–Crippen LogP) is 3.44. The number of carbonyl (C=O) groups is 1. The molecule has 2 nitrogen and oxygen atoms in total. The van der Waals surface area contributed by atoms with Gasteiger partial charge in [-0.15, -0.1) is 0 Å². The first-order chi connectivity index (χ1) is 7.25. The van der Waals surface area contributed by atoms with Crippen LogP contribution in [0.2, 0.25) is 0 Å². The van der Waals surface area contributed by atoms with Crippen LogP contribution in [0.3, 0.4) is 0 Å². The van der Waals surface area contributed by atoms with Gasteiger partial charge in [0, 0.05) is 4.32 Å². The van der Waals surface area contributed by atoms with Crippen molar-refractivity contribution in [3.8, 4) is 0 Å². The Morgan fingerprint density at radius 3 is 2.06 bits per heavy atom. The van der Waals surface area contributed by atoms with Gasteiger partial charge in [-0.05, 0) is 48.9 Å². The second-order valence-electron chi connectivity index (χ2n) is 7.17. The van der Waals surface area contributed by atoms with E-state index in [0.29, 0.717) is 16.7 Å². The quantitative estimate of drug-likeness (QED) is 0.750. The maximum Gasteiger partial charge on any atom is 0.308 e. The number of rotatable bonds is 1. The van der Waals surface area contributed by atoms with Crippen molar-refractivity contribution in [3.63, 3.8) is 0 Å². The summed E-state index contributed by atoms with van der Waals surface area (Å²) in [6.07, 6.45) is 5.61. The monoisotopic (exact) mass is 286 g/mol. The van der Waals surface area contributed by atoms with E-state index in [4.69, 9.17) is 0 Å². The molecule has 0 saturated heterocycles. The normalized spacial score (nSPS) is 58.9. The first-order valence-corrected chi connectivity index (χ1v) is 6.97. The van der Waals surface area contributed by atoms with Crippen LogP contribution < -0.4 is 0 Å². The SMILES string of the molecule is CC12CC3CC(C)(C1)CC(Br)(C2)C3C(=O)O. The lowest BCUT2D eigenvalue weighted by molar-refractivity contribution is -0.164. The number of carboxylic acids is 1. The molecule has 4 fully saturated rings. The van der Waals surface area contributed by atoms with Crippen LogP contribution >= 0.6 is 15.9 Å². The molecule has 4 rings (SSSR count). The molecular formula is C13H19BrO2. The Bertz CT molecular complexity index is 347. The Morgan fingerprint density at radius 2 is 1.69 bits per heavy atom. The summed E-state index contributed by atoms with van der Waals surface area (Å²) in [5, 5.41) is 9.45. The molecule has 3 atom stereocenters. The lowest BCUT2D eigenvalue weighted by Crippen LogP contribution is -2.62. The molecule has 90 valence electrons. The highest BCUT2D eigenvalue weighted by molar-refractivity contribution is 9.10. The lowest BCUT2D eigenvalue weighted by Gasteiger charge is -2.65. The summed E-state index contributed by atoms with van der Waals surface area (Å²) in [4.78, 5) is 11.5. The van der Waals surface area contributed by atoms with Crippen LogP contribution in [0.5, 0.6) is 0 Å². The number of halogens is 1. The molecule has 3 unspecified atom stereocenters. The maximum atomic E-state index is 11.5. The molecule has 0 heterocycles. The van der Waals surface area contributed by atoms with E-state index in [0.717, 1.165) is 25.7 Å². The summed E-state index contributed by atoms with van der Waals surface area (Å²) in [7, 11) is 0. The Labute approximate surface area is 105 Å². The minimum atomic E-state index is -0.590. The van der Waals surface area contributed by atoms with Crippen molar-refractivity contribution < 1.29 is 9.90 Å². The summed E-state index contributed by atoms with van der Waals surface area (Å²) in [6, 6.07) is 0. The van der Waals surface area contributed by atoms with Crippen LogP contribution in [0.15, 0.2) is 0 Å². The van der Waals surface area contributed by atoms with Crippen LogP contribution in [0, 0.1) is 22.7 Å². The highest BCUT2D eigenvalue weighted by Crippen LogP contribution is 2.70. The number of alkyl halides is 1. The number of aliphatic carboxylic acids is 1. The summed E-state index contributed by atoms with van der Waals surface area (Å²) in [5.74, 6) is -0.357. The van der Waals surface area contributed by atoms with Crippen molar-refractivity contribution in [2.24, 2.45) is 22.7 Å². The van der Waals surface area contributed by atoms with Gasteiger partial charge in [-0.1, -0.05) is 29.8 Å². The summed E-state index contributed by atoms with van der Waals surface area (Å²) in [6.45, 7) is 4.70. The Balaban J connectivity index is 2.05. The maximum absolute atomic E-state index is 11.5. The minimum absolute atomic E-state index is 0.123. The molecule has 4 saturated carbocycles. The summed E-state index contributed by atoms with van der Waals surface area (Å²) in [5.41, 5.74) is 0.761. The van der Waals surface area contributed by atoms with Gasteiger partial charge in [0.1, 0.15) is 0 Å². The molecule has 1 N–H and O–H groups in total. The van der Waals surface area contributed by atoms with Crippen LogP contribution in [-0.4, -0.2) is 15.4 Å². The first-order valence-electron chi connectivity index (χ1n) is 6.17. The fraction of sp³-hybridized carbons (Fsp3) is 0.923. The molecule has 0 aliphatic heterocycles. The van der Waals surface area contributed by atoms with Crippen LogP contribution in [0.25, 0.3) is 0 Å². The average Bonchev–Trinajstić information content (AvgIpc) is 1.91. The third kappa shape index (κ3) is 1.33. The molecular weight excluding hydrogens is 268 g/mol. The molecule has 0 amide bonds. The van der Waals surface area contributed by atoms with Gasteiger partial charge in [-0.25, -0.2) is 0 Å². The van der Waals surface area contributed by atoms with Gasteiger partial charge in [0.15, 0.2) is 0 Å². The molecule has 4 aliphatic rings. The van der Waals surface area contributed by atoms with E-state index in [2.05, 4.69) is 29.8 Å². The fourth-order valence-electron chi connectivity index (χ4n) is 5.56. The smallest absolute Gasteiger partial charge is 0.308 e. The van der Waals surface area contributed by atoms with Gasteiger partial charge >= 0.3 is 5.97 Å². The predicted molar refractivity (Wildman–Crippen MR) is 65.6 cm³/mol. The standard InChI is InChI=1S/C13H19BrO2/c1-11-3-8-4-12(2,5-11)7-13(14,6-11)9(8)10(15)16/h8-9H,3-7H2,1-2H3,(H,15,16). The molecule has 4 bridgehead atoms. The van der Waals surface area contributed by atoms with E-state index in [1.54, 1.807) is 0 Å². The molecule has 3 heteroatoms. The molecule has 0 aromatic carbocycles. The molecule has 0 spiro atoms. The average molecular weight is 287 g/mol. The second kappa shape index (κ2) is 2.85. The molecule has 0 aromatic rings. The van der Waals surface area contributed by atoms with E-state index >= 15 is 0 Å². The zero-order chi connectivity index (χ0) is 11.8. The van der Waals surface area contributed by atoms with Crippen LogP contribution in [0.1, 0.15) is 46.0 Å². The van der Waals surface area contributed by atoms with E-state index < -0.39 is 5.97 Å². The van der Waals surface area contributed by atoms with E-state index in [1.807, 2.05) is 0 Å². The second-order valence-corrected chi connectivity index (χ2v) is 8.75. The fourth-order valence-corrected chi connectivity index (χ4v) is 7.49. The van der Waals surface area contributed by atoms with Crippen molar-refractivity contribution in [1.29, 1.82) is 0 Å². The first kappa shape index (κ1) is 11.1. The summed E-state index contributed by atoms with van der Waals surface area (Å²) < 4.78 is -0.123. The zero-order valence-corrected chi connectivity index (χ0v) is 11.5. The van der Waals surface area contributed by atoms with E-state index in [-0.39, 0.29) is 10.2 Å². The molecule has 16 heavy (non-hydrogen) atoms. The van der Waals surface area contributed by atoms with E-state index in [9.17, 15) is 9.90 Å². The van der Waals surface area contributed by atoms with Crippen molar-refractivity contribution >= 4 is 21.9 Å². The van der Waals surface area contributed by atoms with Crippen molar-refractivity contribution in [2.75, 3.05) is 0 Å². The summed E-state index contributed by atoms with van der Waals surface area (Å²) >= 11 is 3.81. The molecule has 0 radical (unpaired) electrons. The van der Waals surface area contributed by atoms with Gasteiger partial charge in [-0.2, -0.15) is 0 Å². The molecule has 4 aliphatic carbocycles. The topological polar surface area (TPSA) is 37.3 Å². The lowest BCUT2D eigenvalue weighted by atomic mass is 9.42. The van der Waals surface area contributed by atoms with Crippen LogP contribution in [0.4, 0.5) is 0 Å². The largest absolute Gasteiger partial charge is 0.481 e. The van der Waals surface area contributed by atoms with Gasteiger partial charge in [0.25, 0.3) is 0 Å². The van der Waals surface area contributed by atoms with Gasteiger partial charge in [0.2, 0.25) is 0 Å². The minimum Gasteiger partial charge on any atom is -0.481 e. The van der Waals surface area contributed by atoms with Crippen molar-refractivity contribution in [3.05, 3.63) is 0 Å². The molecule has 0 aromatic heterocycles. The van der Waals surface area contributed by atoms with Crippen molar-refractivity contribution in [2.45, 2.75) is 50.3 Å². The Hall–Kier alpha value is -0.0500. The van der Waals surface area contributed by atoms with Crippen molar-refractivity contribution in [1.82, 2.24) is 0 Å². The third-order valence-electron chi connectivity index (χ3n) is 5.10. The number of hydrogen-bond acceptors (Lipinski definition) is 1. The Morgan fingerprint density at radius 1 is 1.19 bits per heavy atom. The van der Waals surface area contributed by atoms with Crippen LogP contribution in [-0.2, 0) is 4.79 Å². The van der Waals surface area contributed by atoms with Gasteiger partial charge < -0.3 is 5.11 Å². The highest BCUT2D eigenvalue weighted by Gasteiger charge is 2.65. The zero-order valence-electron chi connectivity index (χ0n) is 9.92. The third-order valence-corrected chi connectivity index (χ3v) is 6.15. The highest BCUT2D eigenvalue weighted by atomic mass is 79.9.